The van der Waals surface area contributed by atoms with Gasteiger partial charge < -0.3 is 15.2 Å². The number of hydrogen-bond donors (Lipinski definition) is 2. The van der Waals surface area contributed by atoms with Crippen LogP contribution in [0.5, 0.6) is 0 Å². The smallest absolute Gasteiger partial charge is 0.392 e. The van der Waals surface area contributed by atoms with E-state index in [0.29, 0.717) is 19.0 Å². The van der Waals surface area contributed by atoms with Gasteiger partial charge in [-0.05, 0) is 18.8 Å². The number of hydrogen-bond acceptors (Lipinski definition) is 3. The van der Waals surface area contributed by atoms with Gasteiger partial charge in [-0.2, -0.15) is 13.2 Å². The molecule has 0 aliphatic heterocycles. The molecule has 15 heavy (non-hydrogen) atoms. The minimum Gasteiger partial charge on any atom is -0.392 e. The average molecular weight is 227 g/mol. The summed E-state index contributed by atoms with van der Waals surface area (Å²) in [4.78, 5) is 0. The van der Waals surface area contributed by atoms with E-state index in [1.807, 2.05) is 0 Å². The lowest BCUT2D eigenvalue weighted by molar-refractivity contribution is -0.173. The van der Waals surface area contributed by atoms with Crippen molar-refractivity contribution in [3.63, 3.8) is 0 Å². The van der Waals surface area contributed by atoms with E-state index in [1.54, 1.807) is 0 Å². The number of aliphatic hydroxyl groups is 1. The summed E-state index contributed by atoms with van der Waals surface area (Å²) in [5.41, 5.74) is 0. The van der Waals surface area contributed by atoms with Gasteiger partial charge in [0.15, 0.2) is 0 Å². The highest BCUT2D eigenvalue weighted by molar-refractivity contribution is 4.81. The Labute approximate surface area is 86.6 Å². The highest BCUT2D eigenvalue weighted by Gasteiger charge is 2.29. The molecule has 1 aliphatic rings. The molecule has 3 nitrogen and oxygen atoms in total. The Balaban J connectivity index is 1.84. The molecule has 1 unspecified atom stereocenters. The third-order valence-corrected chi connectivity index (χ3v) is 2.21. The summed E-state index contributed by atoms with van der Waals surface area (Å²) >= 11 is 0. The molecule has 1 saturated carbocycles. The molecule has 0 heterocycles. The molecule has 90 valence electrons. The Bertz CT molecular complexity index is 183. The molecule has 0 aromatic heterocycles. The quantitative estimate of drug-likeness (QED) is 0.636. The predicted octanol–water partition coefficient (Wildman–Crippen LogP) is 0.926. The van der Waals surface area contributed by atoms with Gasteiger partial charge in [0.05, 0.1) is 12.7 Å². The summed E-state index contributed by atoms with van der Waals surface area (Å²) in [7, 11) is 0. The Morgan fingerprint density at radius 2 is 2.07 bits per heavy atom. The maximum atomic E-state index is 11.6. The molecule has 1 rings (SSSR count). The van der Waals surface area contributed by atoms with Gasteiger partial charge in [0.25, 0.3) is 0 Å². The van der Waals surface area contributed by atoms with Crippen LogP contribution in [-0.2, 0) is 4.74 Å². The minimum atomic E-state index is -4.26. The predicted molar refractivity (Wildman–Crippen MR) is 48.5 cm³/mol. The van der Waals surface area contributed by atoms with Crippen molar-refractivity contribution in [3.8, 4) is 0 Å². The van der Waals surface area contributed by atoms with E-state index in [0.717, 1.165) is 12.8 Å². The van der Waals surface area contributed by atoms with Crippen LogP contribution in [-0.4, -0.2) is 43.7 Å². The monoisotopic (exact) mass is 227 g/mol. The number of nitrogens with one attached hydrogen (secondary N) is 1. The lowest BCUT2D eigenvalue weighted by atomic mass is 10.2. The van der Waals surface area contributed by atoms with E-state index in [4.69, 9.17) is 0 Å². The summed E-state index contributed by atoms with van der Waals surface area (Å²) in [6.45, 7) is -0.434. The normalized spacial score (nSPS) is 19.2. The molecule has 1 fully saturated rings. The van der Waals surface area contributed by atoms with E-state index < -0.39 is 12.8 Å². The van der Waals surface area contributed by atoms with Crippen LogP contribution in [0.4, 0.5) is 13.2 Å². The van der Waals surface area contributed by atoms with Crippen molar-refractivity contribution in [2.45, 2.75) is 25.1 Å². The molecule has 0 aromatic rings. The molecular formula is C9H16F3NO2. The second-order valence-electron chi connectivity index (χ2n) is 3.78. The van der Waals surface area contributed by atoms with Crippen molar-refractivity contribution in [2.75, 3.05) is 26.3 Å². The van der Waals surface area contributed by atoms with Gasteiger partial charge in [0, 0.05) is 13.1 Å². The van der Waals surface area contributed by atoms with Crippen LogP contribution in [0.15, 0.2) is 0 Å². The molecule has 2 N–H and O–H groups in total. The first kappa shape index (κ1) is 12.7. The molecule has 0 aromatic carbocycles. The van der Waals surface area contributed by atoms with Gasteiger partial charge >= 0.3 is 6.18 Å². The van der Waals surface area contributed by atoms with E-state index in [1.165, 1.54) is 0 Å². The summed E-state index contributed by atoms with van der Waals surface area (Å²) in [5, 5.41) is 12.2. The van der Waals surface area contributed by atoms with Crippen molar-refractivity contribution < 1.29 is 23.0 Å². The number of rotatable bonds is 7. The van der Waals surface area contributed by atoms with Gasteiger partial charge in [0.2, 0.25) is 0 Å². The molecule has 0 spiro atoms. The second-order valence-corrected chi connectivity index (χ2v) is 3.78. The Morgan fingerprint density at radius 1 is 1.40 bits per heavy atom. The zero-order chi connectivity index (χ0) is 11.3. The molecule has 1 aliphatic carbocycles. The maximum absolute atomic E-state index is 11.6. The first-order chi connectivity index (χ1) is 6.99. The van der Waals surface area contributed by atoms with Crippen LogP contribution in [0.2, 0.25) is 0 Å². The van der Waals surface area contributed by atoms with E-state index >= 15 is 0 Å². The number of ether oxygens (including phenoxy) is 1. The van der Waals surface area contributed by atoms with Crippen molar-refractivity contribution in [2.24, 2.45) is 5.92 Å². The minimum absolute atomic E-state index is 0.0108. The van der Waals surface area contributed by atoms with Gasteiger partial charge in [-0.3, -0.25) is 0 Å². The van der Waals surface area contributed by atoms with Gasteiger partial charge in [-0.1, -0.05) is 0 Å². The Kier molecular flexibility index (Phi) is 4.82. The van der Waals surface area contributed by atoms with Gasteiger partial charge in [0.1, 0.15) is 6.61 Å². The van der Waals surface area contributed by atoms with Crippen molar-refractivity contribution in [1.82, 2.24) is 5.32 Å². The number of halogens is 3. The summed E-state index contributed by atoms with van der Waals surface area (Å²) in [6, 6.07) is 0. The first-order valence-electron chi connectivity index (χ1n) is 5.02. The Hall–Kier alpha value is -0.330. The molecular weight excluding hydrogens is 211 g/mol. The fourth-order valence-corrected chi connectivity index (χ4v) is 1.23. The third kappa shape index (κ3) is 6.70. The Morgan fingerprint density at radius 3 is 2.60 bits per heavy atom. The highest BCUT2D eigenvalue weighted by Crippen LogP contribution is 2.32. The lowest BCUT2D eigenvalue weighted by Crippen LogP contribution is -2.31. The third-order valence-electron chi connectivity index (χ3n) is 2.21. The molecule has 0 saturated heterocycles. The van der Waals surface area contributed by atoms with E-state index in [-0.39, 0.29) is 12.7 Å². The van der Waals surface area contributed by atoms with Gasteiger partial charge in [-0.15, -0.1) is 0 Å². The van der Waals surface area contributed by atoms with Gasteiger partial charge in [-0.25, -0.2) is 0 Å². The second kappa shape index (κ2) is 5.67. The molecule has 1 atom stereocenters. The number of alkyl halides is 3. The molecule has 0 radical (unpaired) electrons. The molecule has 6 heteroatoms. The first-order valence-corrected chi connectivity index (χ1v) is 5.02. The van der Waals surface area contributed by atoms with Crippen LogP contribution in [0.1, 0.15) is 12.8 Å². The van der Waals surface area contributed by atoms with Crippen LogP contribution in [0.25, 0.3) is 0 Å². The molecule has 0 bridgehead atoms. The lowest BCUT2D eigenvalue weighted by Gasteiger charge is -2.11. The summed E-state index contributed by atoms with van der Waals surface area (Å²) < 4.78 is 39.3. The zero-order valence-electron chi connectivity index (χ0n) is 8.39. The SMILES string of the molecule is OC(CNCCOCC(F)(F)F)C1CC1. The maximum Gasteiger partial charge on any atom is 0.411 e. The van der Waals surface area contributed by atoms with Crippen LogP contribution < -0.4 is 5.32 Å². The summed E-state index contributed by atoms with van der Waals surface area (Å²) in [5.74, 6) is 0.383. The largest absolute Gasteiger partial charge is 0.411 e. The number of aliphatic hydroxyl groups excluding tert-OH is 1. The van der Waals surface area contributed by atoms with Crippen molar-refractivity contribution in [1.29, 1.82) is 0 Å². The van der Waals surface area contributed by atoms with Crippen molar-refractivity contribution in [3.05, 3.63) is 0 Å². The highest BCUT2D eigenvalue weighted by atomic mass is 19.4. The fraction of sp³-hybridized carbons (Fsp3) is 1.00. The van der Waals surface area contributed by atoms with Crippen molar-refractivity contribution >= 4 is 0 Å². The fourth-order valence-electron chi connectivity index (χ4n) is 1.23. The van der Waals surface area contributed by atoms with E-state index in [2.05, 4.69) is 10.1 Å². The molecule has 0 amide bonds. The zero-order valence-corrected chi connectivity index (χ0v) is 8.39. The van der Waals surface area contributed by atoms with E-state index in [9.17, 15) is 18.3 Å². The van der Waals surface area contributed by atoms with Crippen LogP contribution in [0, 0.1) is 5.92 Å². The standard InChI is InChI=1S/C9H16F3NO2/c10-9(11,12)6-15-4-3-13-5-8(14)7-1-2-7/h7-8,13-14H,1-6H2. The summed E-state index contributed by atoms with van der Waals surface area (Å²) in [6.07, 6.45) is -2.53. The van der Waals surface area contributed by atoms with Crippen LogP contribution in [0.3, 0.4) is 0 Å². The average Bonchev–Trinajstić information content (AvgIpc) is 2.91. The topological polar surface area (TPSA) is 41.5 Å². The van der Waals surface area contributed by atoms with Crippen LogP contribution >= 0.6 is 0 Å².